The first kappa shape index (κ1) is 19.6. The fraction of sp³-hybridized carbons (Fsp3) is 0.400. The molecule has 0 aliphatic carbocycles. The van der Waals surface area contributed by atoms with Gasteiger partial charge in [0.05, 0.1) is 12.8 Å². The topological polar surface area (TPSA) is 65.8 Å². The molecule has 6 heteroatoms. The quantitative estimate of drug-likeness (QED) is 0.786. The van der Waals surface area contributed by atoms with Gasteiger partial charge in [0.1, 0.15) is 12.3 Å². The third-order valence-electron chi connectivity index (χ3n) is 4.32. The van der Waals surface area contributed by atoms with Crippen LogP contribution in [-0.4, -0.2) is 36.3 Å². The number of nitrogens with zero attached hydrogens (tertiary/aromatic N) is 2. The Morgan fingerprint density at radius 3 is 2.42 bits per heavy atom. The number of carbonyl (C=O) groups is 2. The van der Waals surface area contributed by atoms with E-state index in [9.17, 15) is 9.59 Å². The van der Waals surface area contributed by atoms with Crippen LogP contribution in [0.25, 0.3) is 0 Å². The molecule has 2 aromatic rings. The summed E-state index contributed by atoms with van der Waals surface area (Å²) in [6.07, 6.45) is 1.55. The number of furan rings is 1. The third-order valence-corrected chi connectivity index (χ3v) is 4.32. The minimum Gasteiger partial charge on any atom is -0.467 e. The van der Waals surface area contributed by atoms with Gasteiger partial charge < -0.3 is 19.5 Å². The van der Waals surface area contributed by atoms with E-state index >= 15 is 0 Å². The molecule has 0 aliphatic rings. The van der Waals surface area contributed by atoms with Gasteiger partial charge in [-0.2, -0.15) is 0 Å². The summed E-state index contributed by atoms with van der Waals surface area (Å²) in [6, 6.07) is 9.51. The molecule has 140 valence electrons. The zero-order valence-corrected chi connectivity index (χ0v) is 15.9. The monoisotopic (exact) mass is 357 g/mol. The van der Waals surface area contributed by atoms with Gasteiger partial charge in [-0.1, -0.05) is 0 Å². The summed E-state index contributed by atoms with van der Waals surface area (Å²) in [5.74, 6) is 0.239. The molecular formula is C20H27N3O3. The van der Waals surface area contributed by atoms with E-state index in [1.54, 1.807) is 18.4 Å². The van der Waals surface area contributed by atoms with E-state index < -0.39 is 0 Å². The minimum absolute atomic E-state index is 0.0206. The van der Waals surface area contributed by atoms with Crippen molar-refractivity contribution in [2.45, 2.75) is 34.2 Å². The average molecular weight is 357 g/mol. The molecule has 1 heterocycles. The zero-order chi connectivity index (χ0) is 19.1. The molecule has 0 fully saturated rings. The number of hydrogen-bond acceptors (Lipinski definition) is 4. The lowest BCUT2D eigenvalue weighted by atomic mass is 10.1. The highest BCUT2D eigenvalue weighted by molar-refractivity contribution is 5.95. The van der Waals surface area contributed by atoms with Crippen LogP contribution in [0.15, 0.2) is 41.0 Å². The maximum atomic E-state index is 12.4. The number of rotatable bonds is 8. The van der Waals surface area contributed by atoms with Crippen molar-refractivity contribution in [1.82, 2.24) is 4.90 Å². The molecule has 0 aliphatic heterocycles. The van der Waals surface area contributed by atoms with E-state index in [4.69, 9.17) is 4.42 Å². The van der Waals surface area contributed by atoms with E-state index in [0.717, 1.165) is 30.0 Å². The molecular weight excluding hydrogens is 330 g/mol. The van der Waals surface area contributed by atoms with Crippen LogP contribution in [0.4, 0.5) is 11.4 Å². The number of amides is 2. The standard InChI is InChI=1S/C20H27N3O3/c1-5-22(6-2)17-9-10-19(15(3)12-17)21-20(25)14-23(16(4)24)13-18-8-7-11-26-18/h7-12H,5-6,13-14H2,1-4H3,(H,21,25). The number of aryl methyl sites for hydroxylation is 1. The maximum absolute atomic E-state index is 12.4. The molecule has 0 atom stereocenters. The first-order valence-corrected chi connectivity index (χ1v) is 8.87. The Morgan fingerprint density at radius 1 is 1.15 bits per heavy atom. The second-order valence-corrected chi connectivity index (χ2v) is 6.17. The average Bonchev–Trinajstić information content (AvgIpc) is 3.10. The summed E-state index contributed by atoms with van der Waals surface area (Å²) in [5.41, 5.74) is 2.88. The Morgan fingerprint density at radius 2 is 1.88 bits per heavy atom. The highest BCUT2D eigenvalue weighted by atomic mass is 16.3. The van der Waals surface area contributed by atoms with Gasteiger partial charge in [-0.15, -0.1) is 0 Å². The Hall–Kier alpha value is -2.76. The summed E-state index contributed by atoms with van der Waals surface area (Å²) in [6.45, 7) is 9.76. The lowest BCUT2D eigenvalue weighted by Crippen LogP contribution is -2.36. The van der Waals surface area contributed by atoms with E-state index in [0.29, 0.717) is 5.76 Å². The zero-order valence-electron chi connectivity index (χ0n) is 15.9. The van der Waals surface area contributed by atoms with Gasteiger partial charge >= 0.3 is 0 Å². The summed E-state index contributed by atoms with van der Waals surface area (Å²) in [5, 5.41) is 2.90. The number of nitrogens with one attached hydrogen (secondary N) is 1. The molecule has 2 amide bonds. The molecule has 0 unspecified atom stereocenters. The molecule has 0 radical (unpaired) electrons. The fourth-order valence-corrected chi connectivity index (χ4v) is 2.81. The highest BCUT2D eigenvalue weighted by Gasteiger charge is 2.16. The van der Waals surface area contributed by atoms with Crippen LogP contribution in [0.3, 0.4) is 0 Å². The normalized spacial score (nSPS) is 10.5. The predicted molar refractivity (Wildman–Crippen MR) is 103 cm³/mol. The van der Waals surface area contributed by atoms with E-state index in [2.05, 4.69) is 30.1 Å². The Balaban J connectivity index is 2.02. The van der Waals surface area contributed by atoms with Gasteiger partial charge in [0.2, 0.25) is 11.8 Å². The van der Waals surface area contributed by atoms with Crippen LogP contribution < -0.4 is 10.2 Å². The van der Waals surface area contributed by atoms with Gasteiger partial charge in [-0.25, -0.2) is 0 Å². The maximum Gasteiger partial charge on any atom is 0.244 e. The van der Waals surface area contributed by atoms with Crippen molar-refractivity contribution >= 4 is 23.2 Å². The number of anilines is 2. The summed E-state index contributed by atoms with van der Waals surface area (Å²) in [7, 11) is 0. The van der Waals surface area contributed by atoms with Gasteiger partial charge in [-0.3, -0.25) is 9.59 Å². The van der Waals surface area contributed by atoms with Crippen LogP contribution in [0, 0.1) is 6.92 Å². The largest absolute Gasteiger partial charge is 0.467 e. The van der Waals surface area contributed by atoms with E-state index in [1.807, 2.05) is 19.1 Å². The Labute approximate surface area is 154 Å². The predicted octanol–water partition coefficient (Wildman–Crippen LogP) is 3.42. The van der Waals surface area contributed by atoms with Gasteiger partial charge in [-0.05, 0) is 56.7 Å². The second kappa shape index (κ2) is 9.08. The van der Waals surface area contributed by atoms with Crippen LogP contribution >= 0.6 is 0 Å². The third kappa shape index (κ3) is 5.12. The lowest BCUT2D eigenvalue weighted by molar-refractivity contribution is -0.133. The summed E-state index contributed by atoms with van der Waals surface area (Å²) < 4.78 is 5.26. The SMILES string of the molecule is CCN(CC)c1ccc(NC(=O)CN(Cc2ccco2)C(C)=O)c(C)c1. The molecule has 1 aromatic heterocycles. The molecule has 1 aromatic carbocycles. The van der Waals surface area contributed by atoms with Crippen LogP contribution in [0.5, 0.6) is 0 Å². The lowest BCUT2D eigenvalue weighted by Gasteiger charge is -2.23. The van der Waals surface area contributed by atoms with Gasteiger partial charge in [0, 0.05) is 31.4 Å². The van der Waals surface area contributed by atoms with Crippen molar-refractivity contribution in [1.29, 1.82) is 0 Å². The fourth-order valence-electron chi connectivity index (χ4n) is 2.81. The number of carbonyl (C=O) groups excluding carboxylic acids is 2. The smallest absolute Gasteiger partial charge is 0.244 e. The summed E-state index contributed by atoms with van der Waals surface area (Å²) >= 11 is 0. The molecule has 0 bridgehead atoms. The van der Waals surface area contributed by atoms with Gasteiger partial charge in [0.25, 0.3) is 0 Å². The molecule has 1 N–H and O–H groups in total. The van der Waals surface area contributed by atoms with Crippen LogP contribution in [-0.2, 0) is 16.1 Å². The van der Waals surface area contributed by atoms with Crippen molar-refractivity contribution in [2.24, 2.45) is 0 Å². The number of hydrogen-bond donors (Lipinski definition) is 1. The molecule has 2 rings (SSSR count). The minimum atomic E-state index is -0.231. The van der Waals surface area contributed by atoms with Crippen molar-refractivity contribution in [2.75, 3.05) is 29.9 Å². The number of benzene rings is 1. The van der Waals surface area contributed by atoms with E-state index in [1.165, 1.54) is 11.8 Å². The van der Waals surface area contributed by atoms with Crippen LogP contribution in [0.2, 0.25) is 0 Å². The Bertz CT molecular complexity index is 737. The van der Waals surface area contributed by atoms with Crippen molar-refractivity contribution in [3.8, 4) is 0 Å². The first-order chi connectivity index (χ1) is 12.4. The van der Waals surface area contributed by atoms with Crippen LogP contribution in [0.1, 0.15) is 32.1 Å². The van der Waals surface area contributed by atoms with Crippen molar-refractivity contribution < 1.29 is 14.0 Å². The van der Waals surface area contributed by atoms with E-state index in [-0.39, 0.29) is 24.9 Å². The summed E-state index contributed by atoms with van der Waals surface area (Å²) in [4.78, 5) is 27.9. The molecule has 6 nitrogen and oxygen atoms in total. The second-order valence-electron chi connectivity index (χ2n) is 6.17. The van der Waals surface area contributed by atoms with Crippen molar-refractivity contribution in [3.05, 3.63) is 47.9 Å². The molecule has 26 heavy (non-hydrogen) atoms. The first-order valence-electron chi connectivity index (χ1n) is 8.87. The van der Waals surface area contributed by atoms with Crippen molar-refractivity contribution in [3.63, 3.8) is 0 Å². The Kier molecular flexibility index (Phi) is 6.83. The molecule has 0 saturated carbocycles. The van der Waals surface area contributed by atoms with Gasteiger partial charge in [0.15, 0.2) is 0 Å². The highest BCUT2D eigenvalue weighted by Crippen LogP contribution is 2.22. The molecule has 0 spiro atoms. The molecule has 0 saturated heterocycles.